The van der Waals surface area contributed by atoms with Crippen molar-refractivity contribution in [2.45, 2.75) is 33.6 Å². The van der Waals surface area contributed by atoms with E-state index in [2.05, 4.69) is 23.7 Å². The molecule has 33 heavy (non-hydrogen) atoms. The van der Waals surface area contributed by atoms with E-state index in [-0.39, 0.29) is 10.7 Å². The van der Waals surface area contributed by atoms with Crippen LogP contribution in [-0.4, -0.2) is 21.5 Å². The Bertz CT molecular complexity index is 1290. The van der Waals surface area contributed by atoms with E-state index in [0.717, 1.165) is 28.2 Å². The largest absolute Gasteiger partial charge is 0.318 e. The van der Waals surface area contributed by atoms with Gasteiger partial charge in [-0.1, -0.05) is 37.6 Å². The van der Waals surface area contributed by atoms with Crippen molar-refractivity contribution in [3.63, 3.8) is 0 Å². The van der Waals surface area contributed by atoms with Gasteiger partial charge in [-0.2, -0.15) is 0 Å². The van der Waals surface area contributed by atoms with Crippen molar-refractivity contribution in [3.05, 3.63) is 87.7 Å². The molecule has 0 radical (unpaired) electrons. The third-order valence-corrected chi connectivity index (χ3v) is 6.31. The quantitative estimate of drug-likeness (QED) is 0.298. The molecule has 1 fully saturated rings. The number of carbonyl (C=O) groups excluding carboxylic acids is 2. The molecule has 1 aliphatic heterocycles. The highest BCUT2D eigenvalue weighted by Gasteiger charge is 2.34. The maximum atomic E-state index is 13.4. The SMILES string of the molecule is Cc1cc(/C=C2\C(=O)NC(=S)N(c3ccc(C(C)C)cc3)C2=O)c(C)n1-c1ccc(Cl)cc1. The van der Waals surface area contributed by atoms with Crippen molar-refractivity contribution >= 4 is 52.5 Å². The first kappa shape index (κ1) is 23.0. The van der Waals surface area contributed by atoms with Crippen LogP contribution in [0.25, 0.3) is 11.8 Å². The van der Waals surface area contributed by atoms with Crippen molar-refractivity contribution in [1.29, 1.82) is 0 Å². The van der Waals surface area contributed by atoms with Crippen molar-refractivity contribution in [3.8, 4) is 5.69 Å². The normalized spacial score (nSPS) is 15.5. The van der Waals surface area contributed by atoms with E-state index in [4.69, 9.17) is 23.8 Å². The van der Waals surface area contributed by atoms with Gasteiger partial charge in [0.25, 0.3) is 11.8 Å². The Morgan fingerprint density at radius 1 is 0.970 bits per heavy atom. The third kappa shape index (κ3) is 4.36. The van der Waals surface area contributed by atoms with Gasteiger partial charge in [0.05, 0.1) is 5.69 Å². The predicted molar refractivity (Wildman–Crippen MR) is 137 cm³/mol. The summed E-state index contributed by atoms with van der Waals surface area (Å²) in [6, 6.07) is 17.1. The van der Waals surface area contributed by atoms with Crippen LogP contribution < -0.4 is 10.2 Å². The number of carbonyl (C=O) groups is 2. The number of amides is 2. The smallest absolute Gasteiger partial charge is 0.270 e. The lowest BCUT2D eigenvalue weighted by molar-refractivity contribution is -0.122. The fraction of sp³-hybridized carbons (Fsp3) is 0.192. The van der Waals surface area contributed by atoms with Gasteiger partial charge in [0.1, 0.15) is 5.57 Å². The lowest BCUT2D eigenvalue weighted by Crippen LogP contribution is -2.54. The molecule has 1 saturated heterocycles. The Morgan fingerprint density at radius 2 is 1.58 bits per heavy atom. The van der Waals surface area contributed by atoms with Crippen molar-refractivity contribution < 1.29 is 9.59 Å². The maximum absolute atomic E-state index is 13.4. The van der Waals surface area contributed by atoms with Crippen LogP contribution in [-0.2, 0) is 9.59 Å². The van der Waals surface area contributed by atoms with Crippen LogP contribution in [0.2, 0.25) is 5.02 Å². The van der Waals surface area contributed by atoms with Gasteiger partial charge in [0.15, 0.2) is 5.11 Å². The zero-order chi connectivity index (χ0) is 23.9. The number of rotatable bonds is 4. The molecule has 0 atom stereocenters. The number of halogens is 1. The highest BCUT2D eigenvalue weighted by Crippen LogP contribution is 2.27. The Morgan fingerprint density at radius 3 is 2.18 bits per heavy atom. The van der Waals surface area contributed by atoms with E-state index < -0.39 is 11.8 Å². The molecular weight excluding hydrogens is 454 g/mol. The van der Waals surface area contributed by atoms with E-state index in [1.165, 1.54) is 4.90 Å². The summed E-state index contributed by atoms with van der Waals surface area (Å²) in [7, 11) is 0. The van der Waals surface area contributed by atoms with Crippen LogP contribution in [0.3, 0.4) is 0 Å². The van der Waals surface area contributed by atoms with Crippen LogP contribution in [0.1, 0.15) is 42.3 Å². The number of hydrogen-bond donors (Lipinski definition) is 1. The van der Waals surface area contributed by atoms with Crippen LogP contribution in [0.5, 0.6) is 0 Å². The first-order valence-electron chi connectivity index (χ1n) is 10.6. The zero-order valence-electron chi connectivity index (χ0n) is 18.8. The van der Waals surface area contributed by atoms with Gasteiger partial charge in [0.2, 0.25) is 0 Å². The van der Waals surface area contributed by atoms with Crippen LogP contribution in [0.4, 0.5) is 5.69 Å². The highest BCUT2D eigenvalue weighted by atomic mass is 35.5. The fourth-order valence-corrected chi connectivity index (χ4v) is 4.38. The summed E-state index contributed by atoms with van der Waals surface area (Å²) in [5, 5.41) is 3.39. The van der Waals surface area contributed by atoms with Crippen LogP contribution in [0.15, 0.2) is 60.2 Å². The van der Waals surface area contributed by atoms with E-state index in [1.807, 2.05) is 68.4 Å². The van der Waals surface area contributed by atoms with Gasteiger partial charge in [-0.05, 0) is 91.7 Å². The zero-order valence-corrected chi connectivity index (χ0v) is 20.4. The number of nitrogens with zero attached hydrogens (tertiary/aromatic N) is 2. The molecule has 1 aliphatic rings. The second kappa shape index (κ2) is 8.96. The molecule has 2 amide bonds. The summed E-state index contributed by atoms with van der Waals surface area (Å²) in [5.41, 5.74) is 5.42. The molecule has 5 nitrogen and oxygen atoms in total. The number of benzene rings is 2. The van der Waals surface area contributed by atoms with Gasteiger partial charge in [0, 0.05) is 22.1 Å². The number of aryl methyl sites for hydroxylation is 1. The van der Waals surface area contributed by atoms with Crippen molar-refractivity contribution in [1.82, 2.24) is 9.88 Å². The molecule has 0 spiro atoms. The topological polar surface area (TPSA) is 54.3 Å². The van der Waals surface area contributed by atoms with Crippen molar-refractivity contribution in [2.75, 3.05) is 4.90 Å². The summed E-state index contributed by atoms with van der Waals surface area (Å²) in [6.45, 7) is 8.14. The monoisotopic (exact) mass is 477 g/mol. The number of hydrogen-bond acceptors (Lipinski definition) is 3. The number of anilines is 1. The number of aromatic nitrogens is 1. The fourth-order valence-electron chi connectivity index (χ4n) is 3.98. The molecule has 0 aliphatic carbocycles. The van der Waals surface area contributed by atoms with Gasteiger partial charge < -0.3 is 4.57 Å². The van der Waals surface area contributed by atoms with Crippen LogP contribution >= 0.6 is 23.8 Å². The second-order valence-electron chi connectivity index (χ2n) is 8.34. The molecule has 7 heteroatoms. The molecule has 0 unspecified atom stereocenters. The molecule has 2 heterocycles. The average Bonchev–Trinajstić information content (AvgIpc) is 3.05. The first-order valence-corrected chi connectivity index (χ1v) is 11.4. The van der Waals surface area contributed by atoms with Gasteiger partial charge in [-0.25, -0.2) is 0 Å². The molecule has 4 rings (SSSR count). The molecule has 168 valence electrons. The summed E-state index contributed by atoms with van der Waals surface area (Å²) < 4.78 is 2.06. The molecular formula is C26H24ClN3O2S. The number of nitrogens with one attached hydrogen (secondary N) is 1. The van der Waals surface area contributed by atoms with E-state index in [0.29, 0.717) is 16.6 Å². The Hall–Kier alpha value is -3.22. The standard InChI is InChI=1S/C26H24ClN3O2S/c1-15(2)18-5-9-22(10-6-18)30-25(32)23(24(31)28-26(30)33)14-19-13-16(3)29(17(19)4)21-11-7-20(27)8-12-21/h5-15H,1-4H3,(H,28,31,33)/b23-14+. The number of thiocarbonyl (C=S) groups is 1. The molecule has 1 N–H and O–H groups in total. The second-order valence-corrected chi connectivity index (χ2v) is 9.17. The summed E-state index contributed by atoms with van der Waals surface area (Å²) >= 11 is 11.4. The highest BCUT2D eigenvalue weighted by molar-refractivity contribution is 7.80. The van der Waals surface area contributed by atoms with Gasteiger partial charge in [-0.3, -0.25) is 19.8 Å². The summed E-state index contributed by atoms with van der Waals surface area (Å²) in [6.07, 6.45) is 1.63. The maximum Gasteiger partial charge on any atom is 0.270 e. The Kier molecular flexibility index (Phi) is 6.23. The minimum atomic E-state index is -0.503. The predicted octanol–water partition coefficient (Wildman–Crippen LogP) is 5.70. The minimum Gasteiger partial charge on any atom is -0.318 e. The van der Waals surface area contributed by atoms with Crippen LogP contribution in [0, 0.1) is 13.8 Å². The molecule has 0 bridgehead atoms. The summed E-state index contributed by atoms with van der Waals surface area (Å²) in [5.74, 6) is -0.581. The molecule has 2 aromatic carbocycles. The van der Waals surface area contributed by atoms with Gasteiger partial charge in [-0.15, -0.1) is 0 Å². The van der Waals surface area contributed by atoms with E-state index in [1.54, 1.807) is 6.08 Å². The van der Waals surface area contributed by atoms with Crippen molar-refractivity contribution in [2.24, 2.45) is 0 Å². The first-order chi connectivity index (χ1) is 15.7. The molecule has 3 aromatic rings. The molecule has 1 aromatic heterocycles. The third-order valence-electron chi connectivity index (χ3n) is 5.77. The van der Waals surface area contributed by atoms with E-state index in [9.17, 15) is 9.59 Å². The van der Waals surface area contributed by atoms with Gasteiger partial charge >= 0.3 is 0 Å². The van der Waals surface area contributed by atoms with E-state index >= 15 is 0 Å². The lowest BCUT2D eigenvalue weighted by Gasteiger charge is -2.29. The lowest BCUT2D eigenvalue weighted by atomic mass is 10.0. The molecule has 0 saturated carbocycles. The minimum absolute atomic E-state index is 0.0351. The Labute approximate surface area is 203 Å². The summed E-state index contributed by atoms with van der Waals surface area (Å²) in [4.78, 5) is 27.4. The average molecular weight is 478 g/mol. The Balaban J connectivity index is 1.72.